The maximum atomic E-state index is 13.4. The summed E-state index contributed by atoms with van der Waals surface area (Å²) in [6.45, 7) is 4.86. The summed E-state index contributed by atoms with van der Waals surface area (Å²) in [6, 6.07) is 13.5. The van der Waals surface area contributed by atoms with Crippen LogP contribution in [0.15, 0.2) is 64.8 Å². The molecule has 1 fully saturated rings. The topological polar surface area (TPSA) is 78.1 Å². The lowest BCUT2D eigenvalue weighted by atomic mass is 10.1. The number of hydrogen-bond donors (Lipinski definition) is 1. The van der Waals surface area contributed by atoms with E-state index in [2.05, 4.69) is 51.0 Å². The van der Waals surface area contributed by atoms with Crippen LogP contribution in [0.5, 0.6) is 0 Å². The molecule has 1 N–H and O–H groups in total. The largest absolute Gasteiger partial charge is 0.406 e. The molecule has 3 atom stereocenters. The number of hydrogen-bond acceptors (Lipinski definition) is 6. The Morgan fingerprint density at radius 3 is 2.30 bits per heavy atom. The third kappa shape index (κ3) is 5.91. The second-order valence-corrected chi connectivity index (χ2v) is 10.2. The molecule has 1 saturated heterocycles. The summed E-state index contributed by atoms with van der Waals surface area (Å²) in [4.78, 5) is 30.3. The average molecular weight is 556 g/mol. The molecule has 1 amide bonds. The third-order valence-corrected chi connectivity index (χ3v) is 7.27. The number of imidazole rings is 1. The molecule has 3 unspecified atom stereocenters. The normalized spacial score (nSPS) is 21.5. The molecule has 2 aliphatic heterocycles. The van der Waals surface area contributed by atoms with E-state index < -0.39 is 30.6 Å². The van der Waals surface area contributed by atoms with Crippen molar-refractivity contribution >= 4 is 29.2 Å². The summed E-state index contributed by atoms with van der Waals surface area (Å²) in [5.74, 6) is -1.03. The minimum atomic E-state index is -4.52. The Labute approximate surface area is 229 Å². The zero-order valence-corrected chi connectivity index (χ0v) is 22.2. The highest BCUT2D eigenvalue weighted by atomic mass is 19.4. The molecule has 0 aliphatic carbocycles. The van der Waals surface area contributed by atoms with Gasteiger partial charge in [-0.1, -0.05) is 0 Å². The first-order valence-electron chi connectivity index (χ1n) is 12.9. The van der Waals surface area contributed by atoms with E-state index in [9.17, 15) is 22.4 Å². The van der Waals surface area contributed by atoms with E-state index in [0.717, 1.165) is 29.7 Å². The van der Waals surface area contributed by atoms with Gasteiger partial charge in [0.05, 0.1) is 23.9 Å². The molecule has 8 nitrogen and oxygen atoms in total. The van der Waals surface area contributed by atoms with E-state index in [1.165, 1.54) is 30.5 Å². The van der Waals surface area contributed by atoms with Gasteiger partial charge in [-0.15, -0.1) is 0 Å². The molecule has 1 aromatic heterocycles. The molecular weight excluding hydrogens is 526 g/mol. The van der Waals surface area contributed by atoms with Gasteiger partial charge in [-0.2, -0.15) is 13.2 Å². The van der Waals surface area contributed by atoms with Crippen molar-refractivity contribution in [2.24, 2.45) is 9.98 Å². The standard InChI is InChI=1S/C28H29F4N7O/c1-17-13-38(14-18(2)37(17)3)22-10-8-21(9-11-22)35-27(40)23-12-33-26(36-23)25-24(19-4-6-20(29)7-5-19)34-16-39(25)15-28(30,31)32/h4-12,16-18,26H,13-15H2,1-3H3,(H,35,40). The van der Waals surface area contributed by atoms with Gasteiger partial charge >= 0.3 is 6.18 Å². The Kier molecular flexibility index (Phi) is 7.45. The molecule has 0 radical (unpaired) electrons. The van der Waals surface area contributed by atoms with E-state index in [-0.39, 0.29) is 17.1 Å². The number of carbonyl (C=O) groups excluding carboxylic acids is 1. The Balaban J connectivity index is 1.33. The van der Waals surface area contributed by atoms with Crippen LogP contribution in [0, 0.1) is 5.82 Å². The number of nitrogens with zero attached hydrogens (tertiary/aromatic N) is 6. The lowest BCUT2D eigenvalue weighted by Crippen LogP contribution is -2.55. The minimum absolute atomic E-state index is 0.0272. The molecule has 0 bridgehead atoms. The summed E-state index contributed by atoms with van der Waals surface area (Å²) in [5, 5.41) is 2.78. The molecule has 12 heteroatoms. The molecule has 0 saturated carbocycles. The SMILES string of the molecule is CC1CN(c2ccc(NC(=O)C3=NC(c4c(-c5ccc(F)cc5)ncn4CC(F)(F)F)N=C3)cc2)CC(C)N1C. The van der Waals surface area contributed by atoms with Gasteiger partial charge in [0.2, 0.25) is 0 Å². The Bertz CT molecular complexity index is 1420. The molecule has 2 aromatic carbocycles. The van der Waals surface area contributed by atoms with Crippen molar-refractivity contribution in [2.45, 2.75) is 44.8 Å². The Morgan fingerprint density at radius 2 is 1.68 bits per heavy atom. The quantitative estimate of drug-likeness (QED) is 0.437. The van der Waals surface area contributed by atoms with Crippen LogP contribution < -0.4 is 10.2 Å². The Hall–Kier alpha value is -4.06. The summed E-state index contributed by atoms with van der Waals surface area (Å²) < 4.78 is 54.2. The highest BCUT2D eigenvalue weighted by Gasteiger charge is 2.33. The number of carbonyl (C=O) groups is 1. The van der Waals surface area contributed by atoms with E-state index in [0.29, 0.717) is 23.3 Å². The number of nitrogens with one attached hydrogen (secondary N) is 1. The first-order valence-corrected chi connectivity index (χ1v) is 12.9. The van der Waals surface area contributed by atoms with Crippen molar-refractivity contribution in [1.82, 2.24) is 14.5 Å². The molecule has 0 spiro atoms. The van der Waals surface area contributed by atoms with Gasteiger partial charge in [-0.3, -0.25) is 14.7 Å². The van der Waals surface area contributed by atoms with Gasteiger partial charge in [0, 0.05) is 42.1 Å². The fourth-order valence-corrected chi connectivity index (χ4v) is 4.97. The van der Waals surface area contributed by atoms with Gasteiger partial charge in [0.15, 0.2) is 6.17 Å². The van der Waals surface area contributed by atoms with Crippen molar-refractivity contribution in [1.29, 1.82) is 0 Å². The maximum Gasteiger partial charge on any atom is 0.406 e. The highest BCUT2D eigenvalue weighted by Crippen LogP contribution is 2.34. The minimum Gasteiger partial charge on any atom is -0.368 e. The van der Waals surface area contributed by atoms with Crippen LogP contribution >= 0.6 is 0 Å². The molecule has 2 aliphatic rings. The van der Waals surface area contributed by atoms with Crippen molar-refractivity contribution in [3.8, 4) is 11.3 Å². The monoisotopic (exact) mass is 555 g/mol. The smallest absolute Gasteiger partial charge is 0.368 e. The first kappa shape index (κ1) is 27.5. The Morgan fingerprint density at radius 1 is 1.02 bits per heavy atom. The van der Waals surface area contributed by atoms with Crippen molar-refractivity contribution in [2.75, 3.05) is 30.4 Å². The lowest BCUT2D eigenvalue weighted by molar-refractivity contribution is -0.141. The summed E-state index contributed by atoms with van der Waals surface area (Å²) in [5.41, 5.74) is 2.22. The predicted molar refractivity (Wildman–Crippen MR) is 146 cm³/mol. The van der Waals surface area contributed by atoms with Crippen molar-refractivity contribution < 1.29 is 22.4 Å². The number of aliphatic imine (C=N–C) groups is 2. The second-order valence-electron chi connectivity index (χ2n) is 10.2. The number of rotatable bonds is 6. The van der Waals surface area contributed by atoms with Crippen LogP contribution in [0.1, 0.15) is 25.7 Å². The predicted octanol–water partition coefficient (Wildman–Crippen LogP) is 4.94. The molecule has 40 heavy (non-hydrogen) atoms. The average Bonchev–Trinajstić information content (AvgIpc) is 3.54. The van der Waals surface area contributed by atoms with Crippen molar-refractivity contribution in [3.63, 3.8) is 0 Å². The number of benzene rings is 2. The number of piperazine rings is 1. The van der Waals surface area contributed by atoms with Gasteiger partial charge in [-0.05, 0) is 69.4 Å². The number of aromatic nitrogens is 2. The van der Waals surface area contributed by atoms with Gasteiger partial charge < -0.3 is 14.8 Å². The summed E-state index contributed by atoms with van der Waals surface area (Å²) in [7, 11) is 2.12. The van der Waals surface area contributed by atoms with Crippen LogP contribution in [-0.2, 0) is 11.3 Å². The number of alkyl halides is 3. The molecular formula is C28H29F4N7O. The summed E-state index contributed by atoms with van der Waals surface area (Å²) in [6.07, 6.45) is -3.35. The number of likely N-dealkylation sites (N-methyl/N-ethyl adjacent to an activating group) is 1. The molecule has 3 aromatic rings. The van der Waals surface area contributed by atoms with E-state index in [1.807, 2.05) is 12.1 Å². The van der Waals surface area contributed by atoms with Crippen LogP contribution in [0.3, 0.4) is 0 Å². The van der Waals surface area contributed by atoms with Gasteiger partial charge in [0.1, 0.15) is 18.1 Å². The number of amides is 1. The van der Waals surface area contributed by atoms with Crippen LogP contribution in [0.25, 0.3) is 11.3 Å². The van der Waals surface area contributed by atoms with Crippen LogP contribution in [0.4, 0.5) is 28.9 Å². The van der Waals surface area contributed by atoms with Gasteiger partial charge in [0.25, 0.3) is 5.91 Å². The fourth-order valence-electron chi connectivity index (χ4n) is 4.97. The molecule has 210 valence electrons. The molecule has 5 rings (SSSR count). The molecule has 3 heterocycles. The second kappa shape index (κ2) is 10.8. The van der Waals surface area contributed by atoms with E-state index in [1.54, 1.807) is 12.1 Å². The summed E-state index contributed by atoms with van der Waals surface area (Å²) >= 11 is 0. The van der Waals surface area contributed by atoms with E-state index >= 15 is 0 Å². The number of anilines is 2. The van der Waals surface area contributed by atoms with Crippen LogP contribution in [0.2, 0.25) is 0 Å². The van der Waals surface area contributed by atoms with Crippen LogP contribution in [-0.4, -0.2) is 70.7 Å². The zero-order chi connectivity index (χ0) is 28.6. The third-order valence-electron chi connectivity index (χ3n) is 7.27. The maximum absolute atomic E-state index is 13.4. The van der Waals surface area contributed by atoms with Crippen molar-refractivity contribution in [3.05, 3.63) is 66.4 Å². The first-order chi connectivity index (χ1) is 19.0. The highest BCUT2D eigenvalue weighted by molar-refractivity contribution is 6.63. The van der Waals surface area contributed by atoms with Gasteiger partial charge in [-0.25, -0.2) is 14.4 Å². The fraction of sp³-hybridized carbons (Fsp3) is 0.357. The number of halogens is 4. The lowest BCUT2D eigenvalue weighted by Gasteiger charge is -2.43. The zero-order valence-electron chi connectivity index (χ0n) is 22.2. The van der Waals surface area contributed by atoms with E-state index in [4.69, 9.17) is 0 Å².